The lowest BCUT2D eigenvalue weighted by molar-refractivity contribution is 0.0689. The maximum absolute atomic E-state index is 11.5. The van der Waals surface area contributed by atoms with Crippen LogP contribution < -0.4 is 5.14 Å². The highest BCUT2D eigenvalue weighted by Gasteiger charge is 2.27. The van der Waals surface area contributed by atoms with Gasteiger partial charge >= 0.3 is 5.97 Å². The van der Waals surface area contributed by atoms with E-state index < -0.39 is 26.6 Å². The fourth-order valence-corrected chi connectivity index (χ4v) is 3.17. The summed E-state index contributed by atoms with van der Waals surface area (Å²) < 4.78 is 22.9. The van der Waals surface area contributed by atoms with Crippen LogP contribution in [0, 0.1) is 0 Å². The smallest absolute Gasteiger partial charge is 0.354 e. The number of carboxylic acid groups (broad SMARTS) is 1. The Morgan fingerprint density at radius 3 is 2.67 bits per heavy atom. The summed E-state index contributed by atoms with van der Waals surface area (Å²) in [5.41, 5.74) is 2.03. The zero-order valence-corrected chi connectivity index (χ0v) is 11.4. The Labute approximate surface area is 119 Å². The van der Waals surface area contributed by atoms with Crippen LogP contribution in [-0.4, -0.2) is 34.8 Å². The summed E-state index contributed by atoms with van der Waals surface area (Å²) in [7, 11) is -4.08. The van der Waals surface area contributed by atoms with E-state index in [9.17, 15) is 18.3 Å². The van der Waals surface area contributed by atoms with Crippen molar-refractivity contribution in [3.63, 3.8) is 0 Å². The highest BCUT2D eigenvalue weighted by Crippen LogP contribution is 2.38. The number of sulfonamides is 1. The van der Waals surface area contributed by atoms with Crippen LogP contribution in [-0.2, 0) is 22.9 Å². The van der Waals surface area contributed by atoms with Gasteiger partial charge in [0.05, 0.1) is 5.69 Å². The van der Waals surface area contributed by atoms with Gasteiger partial charge in [0.25, 0.3) is 0 Å². The molecule has 2 aromatic rings. The number of aromatic carboxylic acids is 1. The minimum absolute atomic E-state index is 0.0131. The van der Waals surface area contributed by atoms with E-state index in [2.05, 4.69) is 10.2 Å². The van der Waals surface area contributed by atoms with Gasteiger partial charge in [0.15, 0.2) is 0 Å². The largest absolute Gasteiger partial charge is 0.507 e. The molecule has 0 spiro atoms. The molecule has 3 rings (SSSR count). The summed E-state index contributed by atoms with van der Waals surface area (Å²) in [5, 5.41) is 30.3. The first kappa shape index (κ1) is 13.6. The molecule has 1 heterocycles. The number of aromatic hydroxyl groups is 1. The number of rotatable bonds is 2. The highest BCUT2D eigenvalue weighted by atomic mass is 32.2. The first-order valence-corrected chi connectivity index (χ1v) is 7.53. The van der Waals surface area contributed by atoms with E-state index in [1.165, 1.54) is 12.1 Å². The van der Waals surface area contributed by atoms with E-state index >= 15 is 0 Å². The quantitative estimate of drug-likeness (QED) is 0.624. The van der Waals surface area contributed by atoms with Gasteiger partial charge in [-0.25, -0.2) is 18.4 Å². The molecule has 1 aromatic heterocycles. The number of hydrogen-bond acceptors (Lipinski definition) is 5. The number of aromatic amines is 1. The van der Waals surface area contributed by atoms with Crippen molar-refractivity contribution in [3.8, 4) is 17.0 Å². The van der Waals surface area contributed by atoms with Crippen molar-refractivity contribution in [2.75, 3.05) is 0 Å². The van der Waals surface area contributed by atoms with Gasteiger partial charge in [-0.05, 0) is 30.5 Å². The lowest BCUT2D eigenvalue weighted by atomic mass is 9.89. The lowest BCUT2D eigenvalue weighted by Gasteiger charge is -2.17. The normalized spacial score (nSPS) is 13.6. The number of nitrogens with two attached hydrogens (primary N) is 1. The van der Waals surface area contributed by atoms with Crippen LogP contribution in [0.1, 0.15) is 21.6 Å². The monoisotopic (exact) mass is 309 g/mol. The Hall–Kier alpha value is -2.39. The van der Waals surface area contributed by atoms with Gasteiger partial charge in [-0.2, -0.15) is 5.10 Å². The van der Waals surface area contributed by atoms with Crippen molar-refractivity contribution in [3.05, 3.63) is 29.0 Å². The van der Waals surface area contributed by atoms with E-state index in [1.807, 2.05) is 0 Å². The Morgan fingerprint density at radius 2 is 2.05 bits per heavy atom. The summed E-state index contributed by atoms with van der Waals surface area (Å²) in [5.74, 6) is -1.55. The fourth-order valence-electron chi connectivity index (χ4n) is 2.53. The molecule has 0 aliphatic heterocycles. The number of fused-ring (bicyclic) bond motifs is 3. The Bertz CT molecular complexity index is 869. The standard InChI is InChI=1S/C12H11N3O5S/c13-21(19,20)9-4-7-5(3-8(9)16)1-2-6-10(7)14-15-11(6)12(17)18/h3-4,16H,1-2H2,(H,14,15)(H,17,18)(H2,13,19,20). The Balaban J connectivity index is 2.27. The lowest BCUT2D eigenvalue weighted by Crippen LogP contribution is -2.14. The molecule has 1 aromatic carbocycles. The molecule has 1 aliphatic rings. The van der Waals surface area contributed by atoms with Gasteiger partial charge in [0.2, 0.25) is 10.0 Å². The molecular formula is C12H11N3O5S. The molecule has 21 heavy (non-hydrogen) atoms. The first-order valence-electron chi connectivity index (χ1n) is 5.98. The maximum Gasteiger partial charge on any atom is 0.354 e. The molecule has 110 valence electrons. The molecule has 0 fully saturated rings. The van der Waals surface area contributed by atoms with Crippen LogP contribution in [0.25, 0.3) is 11.3 Å². The van der Waals surface area contributed by atoms with Crippen molar-refractivity contribution in [2.45, 2.75) is 17.7 Å². The van der Waals surface area contributed by atoms with Crippen molar-refractivity contribution in [1.82, 2.24) is 10.2 Å². The number of nitrogens with zero attached hydrogens (tertiary/aromatic N) is 1. The molecule has 0 bridgehead atoms. The van der Waals surface area contributed by atoms with Crippen LogP contribution in [0.4, 0.5) is 0 Å². The predicted molar refractivity (Wildman–Crippen MR) is 71.4 cm³/mol. The van der Waals surface area contributed by atoms with Gasteiger partial charge in [-0.1, -0.05) is 0 Å². The number of benzene rings is 1. The highest BCUT2D eigenvalue weighted by molar-refractivity contribution is 7.89. The molecule has 0 amide bonds. The number of H-pyrrole nitrogens is 1. The summed E-state index contributed by atoms with van der Waals surface area (Å²) in [6.07, 6.45) is 0.912. The molecule has 0 saturated heterocycles. The van der Waals surface area contributed by atoms with E-state index in [0.717, 1.165) is 0 Å². The van der Waals surface area contributed by atoms with Crippen molar-refractivity contribution in [2.24, 2.45) is 5.14 Å². The van der Waals surface area contributed by atoms with E-state index in [4.69, 9.17) is 10.2 Å². The second kappa shape index (κ2) is 4.30. The molecule has 0 unspecified atom stereocenters. The molecular weight excluding hydrogens is 298 g/mol. The average Bonchev–Trinajstić information content (AvgIpc) is 2.80. The van der Waals surface area contributed by atoms with E-state index in [-0.39, 0.29) is 5.69 Å². The fraction of sp³-hybridized carbons (Fsp3) is 0.167. The van der Waals surface area contributed by atoms with Crippen LogP contribution in [0.3, 0.4) is 0 Å². The zero-order chi connectivity index (χ0) is 15.4. The summed E-state index contributed by atoms with van der Waals surface area (Å²) in [4.78, 5) is 10.7. The predicted octanol–water partition coefficient (Wildman–Crippen LogP) is 0.227. The summed E-state index contributed by atoms with van der Waals surface area (Å²) in [6.45, 7) is 0. The molecule has 0 saturated carbocycles. The van der Waals surface area contributed by atoms with Gasteiger partial charge in [-0.3, -0.25) is 5.10 Å². The number of nitrogens with one attached hydrogen (secondary N) is 1. The van der Waals surface area contributed by atoms with Crippen LogP contribution >= 0.6 is 0 Å². The van der Waals surface area contributed by atoms with Gasteiger partial charge in [0.1, 0.15) is 16.3 Å². The molecule has 0 atom stereocenters. The Kier molecular flexibility index (Phi) is 2.78. The molecule has 1 aliphatic carbocycles. The minimum Gasteiger partial charge on any atom is -0.507 e. The summed E-state index contributed by atoms with van der Waals surface area (Å²) >= 11 is 0. The van der Waals surface area contributed by atoms with Gasteiger partial charge < -0.3 is 10.2 Å². The van der Waals surface area contributed by atoms with Crippen LogP contribution in [0.2, 0.25) is 0 Å². The third kappa shape index (κ3) is 2.06. The van der Waals surface area contributed by atoms with Gasteiger partial charge in [0, 0.05) is 11.1 Å². The number of hydrogen-bond donors (Lipinski definition) is 4. The average molecular weight is 309 g/mol. The maximum atomic E-state index is 11.5. The van der Waals surface area contributed by atoms with E-state index in [0.29, 0.717) is 35.2 Å². The minimum atomic E-state index is -4.08. The van der Waals surface area contributed by atoms with Gasteiger partial charge in [-0.15, -0.1) is 0 Å². The molecule has 0 radical (unpaired) electrons. The van der Waals surface area contributed by atoms with Crippen LogP contribution in [0.15, 0.2) is 17.0 Å². The van der Waals surface area contributed by atoms with Crippen molar-refractivity contribution < 1.29 is 23.4 Å². The Morgan fingerprint density at radius 1 is 1.33 bits per heavy atom. The molecule has 8 nitrogen and oxygen atoms in total. The third-order valence-electron chi connectivity index (χ3n) is 3.47. The number of phenols is 1. The number of aromatic nitrogens is 2. The van der Waals surface area contributed by atoms with Crippen LogP contribution in [0.5, 0.6) is 5.75 Å². The number of phenolic OH excluding ortho intramolecular Hbond substituents is 1. The zero-order valence-electron chi connectivity index (χ0n) is 10.6. The number of aryl methyl sites for hydroxylation is 1. The number of carboxylic acids is 1. The second-order valence-corrected chi connectivity index (χ2v) is 6.28. The van der Waals surface area contributed by atoms with E-state index in [1.54, 1.807) is 0 Å². The second-order valence-electron chi connectivity index (χ2n) is 4.75. The first-order chi connectivity index (χ1) is 9.79. The van der Waals surface area contributed by atoms with Crippen molar-refractivity contribution in [1.29, 1.82) is 0 Å². The molecule has 9 heteroatoms. The SMILES string of the molecule is NS(=O)(=O)c1cc2c(cc1O)CCc1c-2n[nH]c1C(=O)O. The number of primary sulfonamides is 1. The summed E-state index contributed by atoms with van der Waals surface area (Å²) in [6, 6.07) is 2.55. The molecule has 5 N–H and O–H groups in total. The topological polar surface area (TPSA) is 146 Å². The van der Waals surface area contributed by atoms with Crippen molar-refractivity contribution >= 4 is 16.0 Å². The number of carbonyl (C=O) groups is 1. The third-order valence-corrected chi connectivity index (χ3v) is 4.41.